The van der Waals surface area contributed by atoms with Gasteiger partial charge < -0.3 is 5.73 Å². The first-order valence-corrected chi connectivity index (χ1v) is 3.76. The van der Waals surface area contributed by atoms with Crippen LogP contribution in [0.1, 0.15) is 25.7 Å². The number of hydrogen-bond acceptors (Lipinski definition) is 2. The van der Waals surface area contributed by atoms with E-state index in [9.17, 15) is 0 Å². The number of nitrogens with two attached hydrogens (primary N) is 1. The van der Waals surface area contributed by atoms with Crippen molar-refractivity contribution in [3.05, 3.63) is 0 Å². The number of nitrogens with zero attached hydrogens (tertiary/aromatic N) is 1. The monoisotopic (exact) mass is 128 g/mol. The van der Waals surface area contributed by atoms with Crippen LogP contribution in [0.5, 0.6) is 0 Å². The summed E-state index contributed by atoms with van der Waals surface area (Å²) in [5.74, 6) is 0. The van der Waals surface area contributed by atoms with Crippen LogP contribution in [0.15, 0.2) is 0 Å². The Bertz CT molecular complexity index is 73.0. The second kappa shape index (κ2) is 3.18. The largest absolute Gasteiger partial charge is 0.316 e. The van der Waals surface area contributed by atoms with Crippen molar-refractivity contribution in [2.45, 2.75) is 31.8 Å². The Hall–Kier alpha value is -0.0800. The van der Waals surface area contributed by atoms with Crippen molar-refractivity contribution in [3.63, 3.8) is 0 Å². The van der Waals surface area contributed by atoms with Gasteiger partial charge in [-0.3, -0.25) is 4.90 Å². The van der Waals surface area contributed by atoms with Crippen LogP contribution in [-0.4, -0.2) is 24.7 Å². The molecule has 0 saturated carbocycles. The van der Waals surface area contributed by atoms with E-state index < -0.39 is 0 Å². The van der Waals surface area contributed by atoms with Gasteiger partial charge in [-0.25, -0.2) is 0 Å². The van der Waals surface area contributed by atoms with E-state index >= 15 is 0 Å². The third-order valence-electron chi connectivity index (χ3n) is 2.08. The van der Waals surface area contributed by atoms with Gasteiger partial charge in [-0.15, -0.1) is 0 Å². The molecule has 0 aliphatic carbocycles. The molecule has 1 heterocycles. The first-order valence-electron chi connectivity index (χ1n) is 3.76. The van der Waals surface area contributed by atoms with Crippen molar-refractivity contribution in [1.29, 1.82) is 0 Å². The van der Waals surface area contributed by atoms with E-state index in [1.807, 2.05) is 0 Å². The summed E-state index contributed by atoms with van der Waals surface area (Å²) in [5.41, 5.74) is 5.80. The quantitative estimate of drug-likeness (QED) is 0.522. The lowest BCUT2D eigenvalue weighted by Crippen LogP contribution is -2.38. The van der Waals surface area contributed by atoms with Crippen LogP contribution in [0.25, 0.3) is 0 Å². The number of rotatable bonds is 0. The Morgan fingerprint density at radius 3 is 2.89 bits per heavy atom. The molecule has 1 rings (SSSR count). The maximum atomic E-state index is 5.80. The average molecular weight is 128 g/mol. The van der Waals surface area contributed by atoms with Crippen molar-refractivity contribution in [1.82, 2.24) is 4.90 Å². The standard InChI is InChI=1S/C7H16N2/c1-9-6-4-2-3-5-7(9)8/h7H,2-6,8H2,1H3. The summed E-state index contributed by atoms with van der Waals surface area (Å²) in [7, 11) is 2.11. The van der Waals surface area contributed by atoms with Crippen molar-refractivity contribution >= 4 is 0 Å². The van der Waals surface area contributed by atoms with E-state index in [0.717, 1.165) is 0 Å². The Labute approximate surface area is 57.0 Å². The van der Waals surface area contributed by atoms with Gasteiger partial charge in [-0.1, -0.05) is 12.8 Å². The van der Waals surface area contributed by atoms with Gasteiger partial charge in [0.2, 0.25) is 0 Å². The van der Waals surface area contributed by atoms with Crippen LogP contribution in [0.3, 0.4) is 0 Å². The van der Waals surface area contributed by atoms with Gasteiger partial charge in [0.1, 0.15) is 0 Å². The minimum Gasteiger partial charge on any atom is -0.316 e. The second-order valence-corrected chi connectivity index (χ2v) is 2.90. The van der Waals surface area contributed by atoms with Crippen molar-refractivity contribution in [3.8, 4) is 0 Å². The smallest absolute Gasteiger partial charge is 0.0569 e. The van der Waals surface area contributed by atoms with E-state index in [0.29, 0.717) is 6.17 Å². The minimum atomic E-state index is 0.326. The summed E-state index contributed by atoms with van der Waals surface area (Å²) < 4.78 is 0. The van der Waals surface area contributed by atoms with Crippen LogP contribution in [0.2, 0.25) is 0 Å². The maximum Gasteiger partial charge on any atom is 0.0569 e. The predicted octanol–water partition coefficient (Wildman–Crippen LogP) is 0.777. The molecule has 0 aromatic rings. The third kappa shape index (κ3) is 1.95. The van der Waals surface area contributed by atoms with Crippen LogP contribution < -0.4 is 5.73 Å². The zero-order valence-corrected chi connectivity index (χ0v) is 6.14. The molecular weight excluding hydrogens is 112 g/mol. The van der Waals surface area contributed by atoms with E-state index in [1.165, 1.54) is 32.2 Å². The molecule has 0 amide bonds. The Balaban J connectivity index is 2.32. The molecule has 0 spiro atoms. The van der Waals surface area contributed by atoms with Crippen LogP contribution in [0, 0.1) is 0 Å². The lowest BCUT2D eigenvalue weighted by molar-refractivity contribution is 0.253. The van der Waals surface area contributed by atoms with E-state index in [4.69, 9.17) is 5.73 Å². The molecule has 1 saturated heterocycles. The molecular formula is C7H16N2. The first kappa shape index (κ1) is 7.03. The van der Waals surface area contributed by atoms with E-state index in [-0.39, 0.29) is 0 Å². The summed E-state index contributed by atoms with van der Waals surface area (Å²) in [5, 5.41) is 0. The summed E-state index contributed by atoms with van der Waals surface area (Å²) >= 11 is 0. The van der Waals surface area contributed by atoms with Gasteiger partial charge in [0.05, 0.1) is 6.17 Å². The highest BCUT2D eigenvalue weighted by Gasteiger charge is 2.11. The Kier molecular flexibility index (Phi) is 2.49. The fourth-order valence-electron chi connectivity index (χ4n) is 1.28. The van der Waals surface area contributed by atoms with Gasteiger partial charge in [-0.2, -0.15) is 0 Å². The van der Waals surface area contributed by atoms with Gasteiger partial charge in [0.15, 0.2) is 0 Å². The molecule has 2 heteroatoms. The molecule has 0 radical (unpaired) electrons. The van der Waals surface area contributed by atoms with E-state index in [1.54, 1.807) is 0 Å². The normalized spacial score (nSPS) is 32.0. The first-order chi connectivity index (χ1) is 4.30. The zero-order valence-electron chi connectivity index (χ0n) is 6.14. The molecule has 1 fully saturated rings. The lowest BCUT2D eigenvalue weighted by Gasteiger charge is -2.20. The third-order valence-corrected chi connectivity index (χ3v) is 2.08. The molecule has 0 bridgehead atoms. The highest BCUT2D eigenvalue weighted by molar-refractivity contribution is 4.65. The lowest BCUT2D eigenvalue weighted by atomic mass is 10.2. The molecule has 1 aliphatic heterocycles. The minimum absolute atomic E-state index is 0.326. The molecule has 1 unspecified atom stereocenters. The van der Waals surface area contributed by atoms with Crippen molar-refractivity contribution in [2.24, 2.45) is 5.73 Å². The van der Waals surface area contributed by atoms with Crippen LogP contribution in [0.4, 0.5) is 0 Å². The van der Waals surface area contributed by atoms with E-state index in [2.05, 4.69) is 11.9 Å². The maximum absolute atomic E-state index is 5.80. The van der Waals surface area contributed by atoms with Crippen molar-refractivity contribution in [2.75, 3.05) is 13.6 Å². The summed E-state index contributed by atoms with van der Waals surface area (Å²) in [6, 6.07) is 0. The molecule has 1 atom stereocenters. The Morgan fingerprint density at radius 2 is 2.11 bits per heavy atom. The molecule has 54 valence electrons. The second-order valence-electron chi connectivity index (χ2n) is 2.90. The number of hydrogen-bond donors (Lipinski definition) is 1. The van der Waals surface area contributed by atoms with Crippen LogP contribution in [-0.2, 0) is 0 Å². The summed E-state index contributed by atoms with van der Waals surface area (Å²) in [6.07, 6.45) is 5.50. The van der Waals surface area contributed by atoms with Gasteiger partial charge in [-0.05, 0) is 26.4 Å². The molecule has 2 N–H and O–H groups in total. The number of likely N-dealkylation sites (tertiary alicyclic amines) is 1. The van der Waals surface area contributed by atoms with Gasteiger partial charge in [0.25, 0.3) is 0 Å². The van der Waals surface area contributed by atoms with Crippen LogP contribution >= 0.6 is 0 Å². The highest BCUT2D eigenvalue weighted by atomic mass is 15.2. The summed E-state index contributed by atoms with van der Waals surface area (Å²) in [6.45, 7) is 1.18. The van der Waals surface area contributed by atoms with Crippen molar-refractivity contribution < 1.29 is 0 Å². The Morgan fingerprint density at radius 1 is 1.33 bits per heavy atom. The van der Waals surface area contributed by atoms with Gasteiger partial charge in [0, 0.05) is 0 Å². The molecule has 2 nitrogen and oxygen atoms in total. The highest BCUT2D eigenvalue weighted by Crippen LogP contribution is 2.10. The fraction of sp³-hybridized carbons (Fsp3) is 1.00. The SMILES string of the molecule is CN1CCCCCC1N. The molecule has 1 aliphatic rings. The zero-order chi connectivity index (χ0) is 6.69. The fourth-order valence-corrected chi connectivity index (χ4v) is 1.28. The van der Waals surface area contributed by atoms with Gasteiger partial charge >= 0.3 is 0 Å². The topological polar surface area (TPSA) is 29.3 Å². The molecule has 9 heavy (non-hydrogen) atoms. The summed E-state index contributed by atoms with van der Waals surface area (Å²) in [4.78, 5) is 2.24. The molecule has 0 aromatic carbocycles. The average Bonchev–Trinajstić information content (AvgIpc) is 1.99. The predicted molar refractivity (Wildman–Crippen MR) is 39.1 cm³/mol. The molecule has 0 aromatic heterocycles.